The monoisotopic (exact) mass is 230 g/mol. The van der Waals surface area contributed by atoms with Crippen LogP contribution in [-0.2, 0) is 0 Å². The molecule has 0 aliphatic heterocycles. The number of nitrogens with one attached hydrogen (secondary N) is 1. The van der Waals surface area contributed by atoms with Crippen molar-refractivity contribution >= 4 is 5.91 Å². The van der Waals surface area contributed by atoms with Crippen LogP contribution >= 0.6 is 0 Å². The summed E-state index contributed by atoms with van der Waals surface area (Å²) >= 11 is 0. The van der Waals surface area contributed by atoms with Gasteiger partial charge in [0.1, 0.15) is 0 Å². The van der Waals surface area contributed by atoms with Crippen molar-refractivity contribution in [3.05, 3.63) is 53.4 Å². The molecule has 1 aromatic heterocycles. The van der Waals surface area contributed by atoms with E-state index in [0.29, 0.717) is 0 Å². The van der Waals surface area contributed by atoms with Gasteiger partial charge in [0.15, 0.2) is 0 Å². The summed E-state index contributed by atoms with van der Waals surface area (Å²) in [7, 11) is 0. The van der Waals surface area contributed by atoms with Crippen molar-refractivity contribution in [2.24, 2.45) is 0 Å². The summed E-state index contributed by atoms with van der Waals surface area (Å²) in [6.07, 6.45) is 1.53. The molecule has 0 radical (unpaired) electrons. The van der Waals surface area contributed by atoms with Crippen molar-refractivity contribution in [2.45, 2.75) is 19.9 Å². The van der Waals surface area contributed by atoms with Gasteiger partial charge in [-0.15, -0.1) is 0 Å². The average molecular weight is 230 g/mol. The van der Waals surface area contributed by atoms with E-state index >= 15 is 0 Å². The maximum absolute atomic E-state index is 11.9. The summed E-state index contributed by atoms with van der Waals surface area (Å²) < 4.78 is 4.90. The Labute approximate surface area is 99.6 Å². The molecule has 4 nitrogen and oxygen atoms in total. The Morgan fingerprint density at radius 1 is 1.35 bits per heavy atom. The van der Waals surface area contributed by atoms with Crippen LogP contribution < -0.4 is 5.32 Å². The van der Waals surface area contributed by atoms with Gasteiger partial charge < -0.3 is 9.84 Å². The fourth-order valence-electron chi connectivity index (χ4n) is 1.60. The predicted octanol–water partition coefficient (Wildman–Crippen LogP) is 2.47. The molecular formula is C13H14N2O2. The molecule has 1 aromatic carbocycles. The lowest BCUT2D eigenvalue weighted by Gasteiger charge is -2.13. The molecule has 1 amide bonds. The van der Waals surface area contributed by atoms with Crippen LogP contribution in [0, 0.1) is 6.92 Å². The van der Waals surface area contributed by atoms with E-state index < -0.39 is 0 Å². The fourth-order valence-corrected chi connectivity index (χ4v) is 1.60. The summed E-state index contributed by atoms with van der Waals surface area (Å²) in [4.78, 5) is 11.9. The maximum Gasteiger partial charge on any atom is 0.290 e. The van der Waals surface area contributed by atoms with Gasteiger partial charge in [-0.1, -0.05) is 35.5 Å². The summed E-state index contributed by atoms with van der Waals surface area (Å²) in [5, 5.41) is 6.45. The second-order valence-electron chi connectivity index (χ2n) is 3.94. The minimum Gasteiger partial charge on any atom is -0.351 e. The highest BCUT2D eigenvalue weighted by Crippen LogP contribution is 2.13. The van der Waals surface area contributed by atoms with Crippen LogP contribution in [-0.4, -0.2) is 11.1 Å². The zero-order valence-electron chi connectivity index (χ0n) is 9.81. The van der Waals surface area contributed by atoms with Gasteiger partial charge >= 0.3 is 0 Å². The number of carbonyl (C=O) groups is 1. The predicted molar refractivity (Wildman–Crippen MR) is 63.6 cm³/mol. The first kappa shape index (κ1) is 11.4. The standard InChI is InChI=1S/C13H14N2O2/c1-9-8-14-17-12(9)13(16)15-10(2)11-6-4-3-5-7-11/h3-8,10H,1-2H3,(H,15,16). The van der Waals surface area contributed by atoms with Crippen molar-refractivity contribution in [2.75, 3.05) is 0 Å². The average Bonchev–Trinajstić information content (AvgIpc) is 2.76. The Balaban J connectivity index is 2.08. The van der Waals surface area contributed by atoms with E-state index in [1.807, 2.05) is 37.3 Å². The van der Waals surface area contributed by atoms with E-state index in [-0.39, 0.29) is 17.7 Å². The largest absolute Gasteiger partial charge is 0.351 e. The third-order valence-corrected chi connectivity index (χ3v) is 2.60. The zero-order chi connectivity index (χ0) is 12.3. The molecule has 17 heavy (non-hydrogen) atoms. The van der Waals surface area contributed by atoms with Gasteiger partial charge in [-0.25, -0.2) is 0 Å². The van der Waals surface area contributed by atoms with E-state index in [4.69, 9.17) is 4.52 Å². The number of aromatic nitrogens is 1. The van der Waals surface area contributed by atoms with Crippen LogP contribution in [0.15, 0.2) is 41.1 Å². The summed E-state index contributed by atoms with van der Waals surface area (Å²) in [5.41, 5.74) is 1.79. The highest BCUT2D eigenvalue weighted by molar-refractivity contribution is 5.92. The molecule has 0 fully saturated rings. The number of carbonyl (C=O) groups excluding carboxylic acids is 1. The van der Waals surface area contributed by atoms with E-state index in [0.717, 1.165) is 11.1 Å². The first-order valence-corrected chi connectivity index (χ1v) is 5.45. The number of nitrogens with zero attached hydrogens (tertiary/aromatic N) is 1. The molecule has 0 aliphatic carbocycles. The lowest BCUT2D eigenvalue weighted by atomic mass is 10.1. The third-order valence-electron chi connectivity index (χ3n) is 2.60. The fraction of sp³-hybridized carbons (Fsp3) is 0.231. The van der Waals surface area contributed by atoms with Gasteiger partial charge in [-0.05, 0) is 19.4 Å². The summed E-state index contributed by atoms with van der Waals surface area (Å²) in [5.74, 6) is 0.0316. The third kappa shape index (κ3) is 2.53. The number of hydrogen-bond donors (Lipinski definition) is 1. The quantitative estimate of drug-likeness (QED) is 0.881. The number of benzene rings is 1. The summed E-state index contributed by atoms with van der Waals surface area (Å²) in [6, 6.07) is 9.71. The van der Waals surface area contributed by atoms with Gasteiger partial charge in [0.05, 0.1) is 12.2 Å². The van der Waals surface area contributed by atoms with Crippen molar-refractivity contribution < 1.29 is 9.32 Å². The molecule has 2 aromatic rings. The van der Waals surface area contributed by atoms with Crippen molar-refractivity contribution in [3.63, 3.8) is 0 Å². The minimum atomic E-state index is -0.239. The van der Waals surface area contributed by atoms with Crippen LogP contribution in [0.5, 0.6) is 0 Å². The Morgan fingerprint density at radius 3 is 2.65 bits per heavy atom. The van der Waals surface area contributed by atoms with E-state index in [2.05, 4.69) is 10.5 Å². The van der Waals surface area contributed by atoms with Crippen LogP contribution in [0.25, 0.3) is 0 Å². The first-order valence-electron chi connectivity index (χ1n) is 5.45. The second kappa shape index (κ2) is 4.82. The molecule has 1 N–H and O–H groups in total. The molecule has 1 atom stereocenters. The minimum absolute atomic E-state index is 0.0619. The molecule has 4 heteroatoms. The van der Waals surface area contributed by atoms with E-state index in [1.165, 1.54) is 6.20 Å². The number of hydrogen-bond acceptors (Lipinski definition) is 3. The molecule has 2 rings (SSSR count). The molecule has 0 bridgehead atoms. The molecule has 0 saturated heterocycles. The van der Waals surface area contributed by atoms with E-state index in [9.17, 15) is 4.79 Å². The highest BCUT2D eigenvalue weighted by atomic mass is 16.5. The normalized spacial score (nSPS) is 12.1. The SMILES string of the molecule is Cc1cnoc1C(=O)NC(C)c1ccccc1. The summed E-state index contributed by atoms with van der Waals surface area (Å²) in [6.45, 7) is 3.72. The molecule has 88 valence electrons. The zero-order valence-corrected chi connectivity index (χ0v) is 9.81. The topological polar surface area (TPSA) is 55.1 Å². The molecule has 1 unspecified atom stereocenters. The lowest BCUT2D eigenvalue weighted by Crippen LogP contribution is -2.26. The molecule has 0 aliphatic rings. The van der Waals surface area contributed by atoms with Crippen molar-refractivity contribution in [3.8, 4) is 0 Å². The highest BCUT2D eigenvalue weighted by Gasteiger charge is 2.16. The number of amides is 1. The van der Waals surface area contributed by atoms with Crippen LogP contribution in [0.1, 0.15) is 34.6 Å². The second-order valence-corrected chi connectivity index (χ2v) is 3.94. The van der Waals surface area contributed by atoms with Gasteiger partial charge in [0, 0.05) is 5.56 Å². The van der Waals surface area contributed by atoms with Crippen LogP contribution in [0.2, 0.25) is 0 Å². The Morgan fingerprint density at radius 2 is 2.06 bits per heavy atom. The van der Waals surface area contributed by atoms with Crippen LogP contribution in [0.3, 0.4) is 0 Å². The Kier molecular flexibility index (Phi) is 3.23. The van der Waals surface area contributed by atoms with Crippen molar-refractivity contribution in [1.82, 2.24) is 10.5 Å². The smallest absolute Gasteiger partial charge is 0.290 e. The van der Waals surface area contributed by atoms with Gasteiger partial charge in [0.25, 0.3) is 5.91 Å². The lowest BCUT2D eigenvalue weighted by molar-refractivity contribution is 0.0901. The van der Waals surface area contributed by atoms with Crippen molar-refractivity contribution in [1.29, 1.82) is 0 Å². The van der Waals surface area contributed by atoms with E-state index in [1.54, 1.807) is 6.92 Å². The first-order chi connectivity index (χ1) is 8.18. The molecule has 0 saturated carbocycles. The van der Waals surface area contributed by atoms with Gasteiger partial charge in [-0.3, -0.25) is 4.79 Å². The van der Waals surface area contributed by atoms with Crippen LogP contribution in [0.4, 0.5) is 0 Å². The molecular weight excluding hydrogens is 216 g/mol. The number of rotatable bonds is 3. The Hall–Kier alpha value is -2.10. The van der Waals surface area contributed by atoms with Gasteiger partial charge in [0.2, 0.25) is 5.76 Å². The maximum atomic E-state index is 11.9. The number of aryl methyl sites for hydroxylation is 1. The molecule has 0 spiro atoms. The van der Waals surface area contributed by atoms with Gasteiger partial charge in [-0.2, -0.15) is 0 Å². The Bertz CT molecular complexity index is 505. The molecule has 1 heterocycles.